The van der Waals surface area contributed by atoms with Crippen LogP contribution in [0.1, 0.15) is 18.9 Å². The molecule has 0 saturated carbocycles. The Morgan fingerprint density at radius 1 is 1.30 bits per heavy atom. The number of benzene rings is 1. The number of guanidine groups is 1. The molecule has 0 aromatic heterocycles. The number of rotatable bonds is 7. The van der Waals surface area contributed by atoms with E-state index in [9.17, 15) is 0 Å². The molecule has 6 heteroatoms. The van der Waals surface area contributed by atoms with Gasteiger partial charge in [-0.15, -0.1) is 24.0 Å². The largest absolute Gasteiger partial charge is 0.497 e. The fourth-order valence-corrected chi connectivity index (χ4v) is 1.69. The molecule has 0 bridgehead atoms. The fourth-order valence-electron chi connectivity index (χ4n) is 1.69. The molecule has 1 aromatic carbocycles. The lowest BCUT2D eigenvalue weighted by Crippen LogP contribution is -2.33. The van der Waals surface area contributed by atoms with Crippen LogP contribution < -0.4 is 20.5 Å². The SMILES string of the molecule is CCCN=C(N)NCCc1cc(OC)ccc1OC.I. The molecule has 0 atom stereocenters. The number of hydrogen-bond acceptors (Lipinski definition) is 3. The van der Waals surface area contributed by atoms with Gasteiger partial charge in [0.2, 0.25) is 0 Å². The molecule has 0 fully saturated rings. The van der Waals surface area contributed by atoms with E-state index in [0.29, 0.717) is 12.5 Å². The van der Waals surface area contributed by atoms with Gasteiger partial charge in [0.25, 0.3) is 0 Å². The normalized spacial score (nSPS) is 10.7. The number of nitrogens with two attached hydrogens (primary N) is 1. The van der Waals surface area contributed by atoms with Gasteiger partial charge in [0.05, 0.1) is 14.2 Å². The third kappa shape index (κ3) is 6.31. The molecule has 20 heavy (non-hydrogen) atoms. The summed E-state index contributed by atoms with van der Waals surface area (Å²) in [7, 11) is 3.31. The van der Waals surface area contributed by atoms with Crippen LogP contribution in [-0.2, 0) is 6.42 Å². The molecule has 0 amide bonds. The van der Waals surface area contributed by atoms with Crippen LogP contribution in [0.5, 0.6) is 11.5 Å². The summed E-state index contributed by atoms with van der Waals surface area (Å²) in [5.41, 5.74) is 6.81. The van der Waals surface area contributed by atoms with E-state index in [1.54, 1.807) is 14.2 Å². The van der Waals surface area contributed by atoms with Crippen molar-refractivity contribution in [3.8, 4) is 11.5 Å². The summed E-state index contributed by atoms with van der Waals surface area (Å²) in [6, 6.07) is 5.76. The first-order valence-electron chi connectivity index (χ1n) is 6.46. The van der Waals surface area contributed by atoms with Gasteiger partial charge in [-0.1, -0.05) is 6.92 Å². The maximum absolute atomic E-state index is 5.73. The number of hydrogen-bond donors (Lipinski definition) is 2. The number of halogens is 1. The standard InChI is InChI=1S/C14H23N3O2.HI/c1-4-8-16-14(15)17-9-7-11-10-12(18-2)5-6-13(11)19-3;/h5-6,10H,4,7-9H2,1-3H3,(H3,15,16,17);1H. The van der Waals surface area contributed by atoms with Gasteiger partial charge in [0, 0.05) is 13.1 Å². The summed E-state index contributed by atoms with van der Waals surface area (Å²) in [6.45, 7) is 3.53. The minimum Gasteiger partial charge on any atom is -0.497 e. The smallest absolute Gasteiger partial charge is 0.188 e. The molecule has 0 aliphatic heterocycles. The lowest BCUT2D eigenvalue weighted by Gasteiger charge is -2.11. The van der Waals surface area contributed by atoms with Gasteiger partial charge in [0.1, 0.15) is 11.5 Å². The zero-order valence-corrected chi connectivity index (χ0v) is 14.6. The Hall–Kier alpha value is -1.18. The Kier molecular flexibility index (Phi) is 9.96. The Bertz CT molecular complexity index is 425. The Balaban J connectivity index is 0.00000361. The molecule has 0 spiro atoms. The summed E-state index contributed by atoms with van der Waals surface area (Å²) < 4.78 is 10.5. The van der Waals surface area contributed by atoms with E-state index in [1.165, 1.54) is 0 Å². The molecule has 1 rings (SSSR count). The highest BCUT2D eigenvalue weighted by atomic mass is 127. The topological polar surface area (TPSA) is 68.9 Å². The minimum absolute atomic E-state index is 0. The number of nitrogens with zero attached hydrogens (tertiary/aromatic N) is 1. The Morgan fingerprint density at radius 3 is 2.65 bits per heavy atom. The lowest BCUT2D eigenvalue weighted by atomic mass is 10.1. The highest BCUT2D eigenvalue weighted by molar-refractivity contribution is 14.0. The fraction of sp³-hybridized carbons (Fsp3) is 0.500. The van der Waals surface area contributed by atoms with E-state index < -0.39 is 0 Å². The molecule has 1 aromatic rings. The zero-order chi connectivity index (χ0) is 14.1. The summed E-state index contributed by atoms with van der Waals surface area (Å²) in [4.78, 5) is 4.18. The molecule has 0 saturated heterocycles. The Labute approximate surface area is 138 Å². The first kappa shape index (κ1) is 18.8. The van der Waals surface area contributed by atoms with Gasteiger partial charge >= 0.3 is 0 Å². The van der Waals surface area contributed by atoms with Crippen LogP contribution in [0.4, 0.5) is 0 Å². The summed E-state index contributed by atoms with van der Waals surface area (Å²) in [5, 5.41) is 3.09. The number of methoxy groups -OCH3 is 2. The van der Waals surface area contributed by atoms with Gasteiger partial charge in [-0.3, -0.25) is 4.99 Å². The summed E-state index contributed by atoms with van der Waals surface area (Å²) in [6.07, 6.45) is 1.79. The lowest BCUT2D eigenvalue weighted by molar-refractivity contribution is 0.398. The average molecular weight is 393 g/mol. The van der Waals surface area contributed by atoms with Crippen LogP contribution in [0.3, 0.4) is 0 Å². The van der Waals surface area contributed by atoms with Crippen LogP contribution in [0.2, 0.25) is 0 Å². The van der Waals surface area contributed by atoms with Crippen molar-refractivity contribution in [1.82, 2.24) is 5.32 Å². The first-order valence-corrected chi connectivity index (χ1v) is 6.46. The van der Waals surface area contributed by atoms with Gasteiger partial charge in [0.15, 0.2) is 5.96 Å². The summed E-state index contributed by atoms with van der Waals surface area (Å²) >= 11 is 0. The molecule has 5 nitrogen and oxygen atoms in total. The van der Waals surface area contributed by atoms with Crippen molar-refractivity contribution in [2.24, 2.45) is 10.7 Å². The van der Waals surface area contributed by atoms with E-state index >= 15 is 0 Å². The van der Waals surface area contributed by atoms with E-state index in [0.717, 1.165) is 36.4 Å². The second-order valence-electron chi connectivity index (χ2n) is 4.12. The molecular weight excluding hydrogens is 369 g/mol. The van der Waals surface area contributed by atoms with Crippen LogP contribution in [0.25, 0.3) is 0 Å². The molecule has 0 radical (unpaired) electrons. The number of ether oxygens (including phenoxy) is 2. The van der Waals surface area contributed by atoms with E-state index in [4.69, 9.17) is 15.2 Å². The van der Waals surface area contributed by atoms with Crippen LogP contribution in [0, 0.1) is 0 Å². The predicted molar refractivity (Wildman–Crippen MR) is 93.4 cm³/mol. The predicted octanol–water partition coefficient (Wildman–Crippen LogP) is 2.18. The van der Waals surface area contributed by atoms with Crippen molar-refractivity contribution in [3.63, 3.8) is 0 Å². The van der Waals surface area contributed by atoms with Gasteiger partial charge < -0.3 is 20.5 Å². The van der Waals surface area contributed by atoms with Crippen molar-refractivity contribution >= 4 is 29.9 Å². The second kappa shape index (κ2) is 10.6. The van der Waals surface area contributed by atoms with Crippen LogP contribution >= 0.6 is 24.0 Å². The number of nitrogens with one attached hydrogen (secondary N) is 1. The van der Waals surface area contributed by atoms with Gasteiger partial charge in [-0.25, -0.2) is 0 Å². The highest BCUT2D eigenvalue weighted by Gasteiger charge is 2.04. The third-order valence-electron chi connectivity index (χ3n) is 2.69. The van der Waals surface area contributed by atoms with Gasteiger partial charge in [-0.05, 0) is 36.6 Å². The molecule has 114 valence electrons. The quantitative estimate of drug-likeness (QED) is 0.423. The van der Waals surface area contributed by atoms with Crippen molar-refractivity contribution in [2.45, 2.75) is 19.8 Å². The molecule has 0 unspecified atom stereocenters. The Morgan fingerprint density at radius 2 is 2.05 bits per heavy atom. The molecule has 0 aliphatic carbocycles. The molecule has 0 aliphatic rings. The summed E-state index contributed by atoms with van der Waals surface area (Å²) in [5.74, 6) is 2.17. The highest BCUT2D eigenvalue weighted by Crippen LogP contribution is 2.23. The molecule has 0 heterocycles. The van der Waals surface area contributed by atoms with E-state index in [-0.39, 0.29) is 24.0 Å². The van der Waals surface area contributed by atoms with Crippen LogP contribution in [0.15, 0.2) is 23.2 Å². The van der Waals surface area contributed by atoms with Crippen molar-refractivity contribution in [3.05, 3.63) is 23.8 Å². The first-order chi connectivity index (χ1) is 9.21. The monoisotopic (exact) mass is 393 g/mol. The second-order valence-corrected chi connectivity index (χ2v) is 4.12. The average Bonchev–Trinajstić information content (AvgIpc) is 2.44. The zero-order valence-electron chi connectivity index (χ0n) is 12.3. The maximum Gasteiger partial charge on any atom is 0.188 e. The number of aliphatic imine (C=N–C) groups is 1. The third-order valence-corrected chi connectivity index (χ3v) is 2.69. The van der Waals surface area contributed by atoms with Crippen molar-refractivity contribution in [2.75, 3.05) is 27.3 Å². The van der Waals surface area contributed by atoms with E-state index in [1.807, 2.05) is 18.2 Å². The minimum atomic E-state index is 0. The van der Waals surface area contributed by atoms with Crippen molar-refractivity contribution in [1.29, 1.82) is 0 Å². The van der Waals surface area contributed by atoms with Crippen molar-refractivity contribution < 1.29 is 9.47 Å². The maximum atomic E-state index is 5.73. The van der Waals surface area contributed by atoms with E-state index in [2.05, 4.69) is 17.2 Å². The van der Waals surface area contributed by atoms with Gasteiger partial charge in [-0.2, -0.15) is 0 Å². The molecular formula is C14H24IN3O2. The molecule has 3 N–H and O–H groups in total. The van der Waals surface area contributed by atoms with Crippen LogP contribution in [-0.4, -0.2) is 33.3 Å².